The number of allylic oxidation sites excluding steroid dienone is 1. The Hall–Kier alpha value is -2.50. The van der Waals surface area contributed by atoms with Gasteiger partial charge in [-0.05, 0) is 44.2 Å². The number of hydrogen-bond donors (Lipinski definition) is 1. The van der Waals surface area contributed by atoms with Gasteiger partial charge in [-0.3, -0.25) is 9.78 Å². The Kier molecular flexibility index (Phi) is 5.71. The van der Waals surface area contributed by atoms with E-state index in [0.29, 0.717) is 31.1 Å². The molecule has 24 heavy (non-hydrogen) atoms. The van der Waals surface area contributed by atoms with Gasteiger partial charge in [0, 0.05) is 37.3 Å². The molecular weight excluding hydrogens is 304 g/mol. The Balaban J connectivity index is 1.40. The molecule has 0 aromatic carbocycles. The van der Waals surface area contributed by atoms with E-state index in [1.807, 2.05) is 12.1 Å². The molecule has 6 heteroatoms. The molecule has 0 radical (unpaired) electrons. The summed E-state index contributed by atoms with van der Waals surface area (Å²) in [5, 5.41) is 6.88. The van der Waals surface area contributed by atoms with Gasteiger partial charge in [-0.25, -0.2) is 0 Å². The number of aryl methyl sites for hydroxylation is 1. The summed E-state index contributed by atoms with van der Waals surface area (Å²) in [5.41, 5.74) is 2.28. The maximum absolute atomic E-state index is 11.9. The van der Waals surface area contributed by atoms with Gasteiger partial charge in [0.2, 0.25) is 17.6 Å². The third-order valence-corrected chi connectivity index (χ3v) is 4.11. The van der Waals surface area contributed by atoms with Crippen LogP contribution in [0.4, 0.5) is 0 Å². The molecule has 0 fully saturated rings. The Morgan fingerprint density at radius 1 is 1.29 bits per heavy atom. The van der Waals surface area contributed by atoms with Crippen molar-refractivity contribution in [1.82, 2.24) is 20.4 Å². The normalized spacial score (nSPS) is 14.2. The molecule has 2 heterocycles. The van der Waals surface area contributed by atoms with Crippen molar-refractivity contribution in [3.8, 4) is 11.4 Å². The number of carbonyl (C=O) groups excluding carboxylic acids is 1. The predicted octanol–water partition coefficient (Wildman–Crippen LogP) is 3.07. The van der Waals surface area contributed by atoms with Crippen molar-refractivity contribution in [3.05, 3.63) is 42.1 Å². The van der Waals surface area contributed by atoms with E-state index in [0.717, 1.165) is 12.0 Å². The summed E-state index contributed by atoms with van der Waals surface area (Å²) in [6.07, 6.45) is 12.4. The summed E-state index contributed by atoms with van der Waals surface area (Å²) >= 11 is 0. The number of carbonyl (C=O) groups is 1. The molecular formula is C18H22N4O2. The second kappa shape index (κ2) is 8.38. The molecule has 0 saturated heterocycles. The van der Waals surface area contributed by atoms with Gasteiger partial charge in [-0.1, -0.05) is 16.8 Å². The lowest BCUT2D eigenvalue weighted by Crippen LogP contribution is -2.25. The minimum atomic E-state index is 0.0209. The first-order chi connectivity index (χ1) is 11.8. The van der Waals surface area contributed by atoms with Gasteiger partial charge in [0.25, 0.3) is 0 Å². The molecule has 1 amide bonds. The molecule has 1 N–H and O–H groups in total. The summed E-state index contributed by atoms with van der Waals surface area (Å²) < 4.78 is 5.19. The molecule has 0 aliphatic heterocycles. The van der Waals surface area contributed by atoms with E-state index in [-0.39, 0.29) is 5.91 Å². The monoisotopic (exact) mass is 326 g/mol. The summed E-state index contributed by atoms with van der Waals surface area (Å²) in [6, 6.07) is 3.69. The predicted molar refractivity (Wildman–Crippen MR) is 90.0 cm³/mol. The average Bonchev–Trinajstić information content (AvgIpc) is 3.11. The van der Waals surface area contributed by atoms with Gasteiger partial charge in [-0.2, -0.15) is 4.98 Å². The largest absolute Gasteiger partial charge is 0.356 e. The fourth-order valence-electron chi connectivity index (χ4n) is 2.77. The summed E-state index contributed by atoms with van der Waals surface area (Å²) in [5.74, 6) is 0.995. The zero-order chi connectivity index (χ0) is 16.6. The highest BCUT2D eigenvalue weighted by molar-refractivity contribution is 5.76. The third kappa shape index (κ3) is 4.75. The van der Waals surface area contributed by atoms with Crippen LogP contribution in [0.3, 0.4) is 0 Å². The maximum atomic E-state index is 11.9. The van der Waals surface area contributed by atoms with Crippen molar-refractivity contribution < 1.29 is 9.32 Å². The first-order valence-electron chi connectivity index (χ1n) is 8.49. The van der Waals surface area contributed by atoms with Crippen LogP contribution in [0.5, 0.6) is 0 Å². The number of aromatic nitrogens is 3. The molecule has 2 aromatic heterocycles. The number of nitrogens with zero attached hydrogens (tertiary/aromatic N) is 3. The first-order valence-corrected chi connectivity index (χ1v) is 8.49. The first kappa shape index (κ1) is 16.4. The molecule has 0 unspecified atom stereocenters. The molecule has 0 atom stereocenters. The standard InChI is InChI=1S/C18H22N4O2/c23-16(20-12-10-14-5-2-1-3-6-14)8-9-17-21-18(22-24-17)15-7-4-11-19-13-15/h4-5,7,11,13H,1-3,6,8-10,12H2,(H,20,23). The van der Waals surface area contributed by atoms with Gasteiger partial charge in [-0.15, -0.1) is 0 Å². The Morgan fingerprint density at radius 2 is 2.25 bits per heavy atom. The van der Waals surface area contributed by atoms with E-state index >= 15 is 0 Å². The second-order valence-electron chi connectivity index (χ2n) is 5.96. The Morgan fingerprint density at radius 3 is 3.04 bits per heavy atom. The molecule has 1 aliphatic rings. The molecule has 0 spiro atoms. The molecule has 0 bridgehead atoms. The fraction of sp³-hybridized carbons (Fsp3) is 0.444. The Bertz CT molecular complexity index is 694. The highest BCUT2D eigenvalue weighted by atomic mass is 16.5. The lowest BCUT2D eigenvalue weighted by atomic mass is 9.97. The number of pyridine rings is 1. The minimum absolute atomic E-state index is 0.0209. The highest BCUT2D eigenvalue weighted by Crippen LogP contribution is 2.19. The van der Waals surface area contributed by atoms with Crippen molar-refractivity contribution in [2.45, 2.75) is 44.9 Å². The van der Waals surface area contributed by atoms with Crippen LogP contribution in [0.25, 0.3) is 11.4 Å². The molecule has 6 nitrogen and oxygen atoms in total. The van der Waals surface area contributed by atoms with Crippen molar-refractivity contribution in [3.63, 3.8) is 0 Å². The van der Waals surface area contributed by atoms with Crippen LogP contribution in [0.15, 0.2) is 40.7 Å². The van der Waals surface area contributed by atoms with Gasteiger partial charge < -0.3 is 9.84 Å². The lowest BCUT2D eigenvalue weighted by Gasteiger charge is -2.12. The van der Waals surface area contributed by atoms with Crippen LogP contribution >= 0.6 is 0 Å². The van der Waals surface area contributed by atoms with Crippen molar-refractivity contribution in [2.24, 2.45) is 0 Å². The highest BCUT2D eigenvalue weighted by Gasteiger charge is 2.11. The van der Waals surface area contributed by atoms with E-state index in [4.69, 9.17) is 4.52 Å². The molecule has 3 rings (SSSR count). The number of amides is 1. The minimum Gasteiger partial charge on any atom is -0.356 e. The van der Waals surface area contributed by atoms with Gasteiger partial charge in [0.1, 0.15) is 0 Å². The number of hydrogen-bond acceptors (Lipinski definition) is 5. The number of nitrogens with one attached hydrogen (secondary N) is 1. The lowest BCUT2D eigenvalue weighted by molar-refractivity contribution is -0.121. The zero-order valence-electron chi connectivity index (χ0n) is 13.7. The third-order valence-electron chi connectivity index (χ3n) is 4.11. The zero-order valence-corrected chi connectivity index (χ0v) is 13.7. The summed E-state index contributed by atoms with van der Waals surface area (Å²) in [4.78, 5) is 20.2. The SMILES string of the molecule is O=C(CCc1nc(-c2cccnc2)no1)NCCC1=CCCCC1. The van der Waals surface area contributed by atoms with Crippen LogP contribution in [-0.4, -0.2) is 27.6 Å². The van der Waals surface area contributed by atoms with Gasteiger partial charge >= 0.3 is 0 Å². The van der Waals surface area contributed by atoms with E-state index < -0.39 is 0 Å². The van der Waals surface area contributed by atoms with Crippen molar-refractivity contribution in [1.29, 1.82) is 0 Å². The molecule has 1 aliphatic carbocycles. The van der Waals surface area contributed by atoms with E-state index in [9.17, 15) is 4.79 Å². The topological polar surface area (TPSA) is 80.9 Å². The van der Waals surface area contributed by atoms with Gasteiger partial charge in [0.05, 0.1) is 0 Å². The van der Waals surface area contributed by atoms with Gasteiger partial charge in [0.15, 0.2) is 0 Å². The fourth-order valence-corrected chi connectivity index (χ4v) is 2.77. The van der Waals surface area contributed by atoms with E-state index in [2.05, 4.69) is 26.5 Å². The van der Waals surface area contributed by atoms with Crippen LogP contribution < -0.4 is 5.32 Å². The maximum Gasteiger partial charge on any atom is 0.227 e. The molecule has 2 aromatic rings. The van der Waals surface area contributed by atoms with Crippen LogP contribution in [0.1, 0.15) is 44.4 Å². The molecule has 0 saturated carbocycles. The number of rotatable bonds is 7. The van der Waals surface area contributed by atoms with Crippen LogP contribution in [0, 0.1) is 0 Å². The summed E-state index contributed by atoms with van der Waals surface area (Å²) in [6.45, 7) is 0.704. The quantitative estimate of drug-likeness (QED) is 0.791. The average molecular weight is 326 g/mol. The summed E-state index contributed by atoms with van der Waals surface area (Å²) in [7, 11) is 0. The van der Waals surface area contributed by atoms with E-state index in [1.54, 1.807) is 12.4 Å². The van der Waals surface area contributed by atoms with Crippen molar-refractivity contribution in [2.75, 3.05) is 6.54 Å². The van der Waals surface area contributed by atoms with Crippen LogP contribution in [0.2, 0.25) is 0 Å². The Labute approximate surface area is 141 Å². The van der Waals surface area contributed by atoms with Crippen molar-refractivity contribution >= 4 is 5.91 Å². The smallest absolute Gasteiger partial charge is 0.227 e. The van der Waals surface area contributed by atoms with Crippen LogP contribution in [-0.2, 0) is 11.2 Å². The van der Waals surface area contributed by atoms with E-state index in [1.165, 1.54) is 31.3 Å². The molecule has 126 valence electrons. The second-order valence-corrected chi connectivity index (χ2v) is 5.96.